The van der Waals surface area contributed by atoms with E-state index in [0.717, 1.165) is 0 Å². The van der Waals surface area contributed by atoms with Gasteiger partial charge in [0.25, 0.3) is 0 Å². The van der Waals surface area contributed by atoms with Crippen LogP contribution in [0.1, 0.15) is 0 Å². The molecule has 0 N–H and O–H groups in total. The summed E-state index contributed by atoms with van der Waals surface area (Å²) in [7, 11) is 0. The number of hydrogen-bond acceptors (Lipinski definition) is 1. The summed E-state index contributed by atoms with van der Waals surface area (Å²) in [5.74, 6) is -10.7. The molecule has 0 amide bonds. The zero-order valence-corrected chi connectivity index (χ0v) is 11.8. The van der Waals surface area contributed by atoms with E-state index < -0.39 is 45.2 Å². The maximum atomic E-state index is 13.5. The zero-order chi connectivity index (χ0) is 15.0. The van der Waals surface area contributed by atoms with Crippen LogP contribution < -0.4 is 0 Å². The monoisotopic (exact) mass is 370 g/mol. The molecule has 0 radical (unpaired) electrons. The highest BCUT2D eigenvalue weighted by Crippen LogP contribution is 2.31. The van der Waals surface area contributed by atoms with Crippen LogP contribution in [0.4, 0.5) is 22.0 Å². The molecule has 0 spiro atoms. The predicted molar refractivity (Wildman–Crippen MR) is 65.0 cm³/mol. The zero-order valence-electron chi connectivity index (χ0n) is 9.39. The minimum atomic E-state index is -2.52. The van der Waals surface area contributed by atoms with Gasteiger partial charge in [-0.1, -0.05) is 15.9 Å². The van der Waals surface area contributed by atoms with E-state index >= 15 is 0 Å². The van der Waals surface area contributed by atoms with Crippen molar-refractivity contribution in [2.24, 2.45) is 0 Å². The maximum Gasteiger partial charge on any atom is 0.236 e. The number of halogens is 6. The molecule has 0 heterocycles. The van der Waals surface area contributed by atoms with Crippen molar-refractivity contribution in [3.63, 3.8) is 0 Å². The Morgan fingerprint density at radius 1 is 0.750 bits per heavy atom. The van der Waals surface area contributed by atoms with Crippen molar-refractivity contribution in [1.82, 2.24) is 0 Å². The summed E-state index contributed by atoms with van der Waals surface area (Å²) < 4.78 is 78.5. The second-order valence-corrected chi connectivity index (χ2v) is 5.95. The Morgan fingerprint density at radius 3 is 1.60 bits per heavy atom. The standard InChI is InChI=1S/C12H4BrF5OS/c13-5-1-3-6(4-2-5)20(19)12-10(17)8(15)7(14)9(16)11(12)18/h1-4H. The van der Waals surface area contributed by atoms with E-state index in [-0.39, 0.29) is 4.90 Å². The van der Waals surface area contributed by atoms with E-state index in [1.165, 1.54) is 24.3 Å². The SMILES string of the molecule is [O-][S+](c1ccc(Br)cc1)c1c(F)c(F)c(F)c(F)c1F. The highest BCUT2D eigenvalue weighted by molar-refractivity contribution is 9.10. The van der Waals surface area contributed by atoms with Gasteiger partial charge in [-0.2, -0.15) is 8.78 Å². The van der Waals surface area contributed by atoms with Gasteiger partial charge in [-0.15, -0.1) is 0 Å². The smallest absolute Gasteiger partial charge is 0.236 e. The molecule has 2 aromatic rings. The Balaban J connectivity index is 2.60. The van der Waals surface area contributed by atoms with Crippen molar-refractivity contribution in [3.8, 4) is 0 Å². The molecule has 1 nitrogen and oxygen atoms in total. The van der Waals surface area contributed by atoms with Crippen molar-refractivity contribution in [2.75, 3.05) is 0 Å². The van der Waals surface area contributed by atoms with Crippen molar-refractivity contribution < 1.29 is 26.5 Å². The third-order valence-corrected chi connectivity index (χ3v) is 4.34. The Kier molecular flexibility index (Phi) is 4.36. The van der Waals surface area contributed by atoms with Crippen molar-refractivity contribution in [1.29, 1.82) is 0 Å². The molecule has 0 bridgehead atoms. The van der Waals surface area contributed by atoms with Crippen LogP contribution in [0.2, 0.25) is 0 Å². The first-order chi connectivity index (χ1) is 9.34. The van der Waals surface area contributed by atoms with Gasteiger partial charge in [-0.05, 0) is 24.3 Å². The molecule has 0 aliphatic carbocycles. The van der Waals surface area contributed by atoms with Gasteiger partial charge in [0, 0.05) is 15.6 Å². The maximum absolute atomic E-state index is 13.5. The minimum Gasteiger partial charge on any atom is -0.606 e. The topological polar surface area (TPSA) is 23.1 Å². The van der Waals surface area contributed by atoms with Crippen LogP contribution in [0.25, 0.3) is 0 Å². The summed E-state index contributed by atoms with van der Waals surface area (Å²) in [4.78, 5) is -1.44. The first-order valence-electron chi connectivity index (χ1n) is 5.03. The highest BCUT2D eigenvalue weighted by atomic mass is 79.9. The lowest BCUT2D eigenvalue weighted by Crippen LogP contribution is -2.13. The fourth-order valence-corrected chi connectivity index (χ4v) is 2.81. The van der Waals surface area contributed by atoms with Crippen molar-refractivity contribution in [2.45, 2.75) is 9.79 Å². The van der Waals surface area contributed by atoms with E-state index in [1.54, 1.807) is 0 Å². The molecule has 2 aromatic carbocycles. The Labute approximate surface area is 121 Å². The van der Waals surface area contributed by atoms with Gasteiger partial charge in [-0.3, -0.25) is 0 Å². The molecule has 8 heteroatoms. The van der Waals surface area contributed by atoms with Crippen LogP contribution >= 0.6 is 15.9 Å². The predicted octanol–water partition coefficient (Wildman–Crippen LogP) is 4.31. The van der Waals surface area contributed by atoms with Crippen molar-refractivity contribution in [3.05, 3.63) is 57.8 Å². The molecule has 20 heavy (non-hydrogen) atoms. The summed E-state index contributed by atoms with van der Waals surface area (Å²) in [6.07, 6.45) is 0. The highest BCUT2D eigenvalue weighted by Gasteiger charge is 2.34. The summed E-state index contributed by atoms with van der Waals surface area (Å²) in [5.41, 5.74) is 0. The molecule has 1 atom stereocenters. The van der Waals surface area contributed by atoms with Crippen LogP contribution in [0.15, 0.2) is 38.5 Å². The fraction of sp³-hybridized carbons (Fsp3) is 0. The van der Waals surface area contributed by atoms with Gasteiger partial charge in [0.15, 0.2) is 4.90 Å². The van der Waals surface area contributed by atoms with Crippen LogP contribution in [-0.2, 0) is 11.2 Å². The molecule has 0 aliphatic heterocycles. The summed E-state index contributed by atoms with van der Waals surface area (Å²) in [6, 6.07) is 5.36. The Bertz CT molecular complexity index is 633. The first kappa shape index (κ1) is 15.3. The molecule has 1 unspecified atom stereocenters. The normalized spacial score (nSPS) is 12.6. The Morgan fingerprint density at radius 2 is 1.15 bits per heavy atom. The van der Waals surface area contributed by atoms with Crippen LogP contribution in [0, 0.1) is 29.1 Å². The van der Waals surface area contributed by atoms with Crippen LogP contribution in [0.5, 0.6) is 0 Å². The molecule has 0 aromatic heterocycles. The van der Waals surface area contributed by atoms with Gasteiger partial charge in [0.2, 0.25) is 34.0 Å². The van der Waals surface area contributed by atoms with E-state index in [0.29, 0.717) is 4.47 Å². The molecule has 0 fully saturated rings. The number of benzene rings is 2. The molecule has 0 saturated carbocycles. The third kappa shape index (κ3) is 2.55. The summed E-state index contributed by atoms with van der Waals surface area (Å²) in [5, 5.41) is 0. The van der Waals surface area contributed by atoms with Crippen molar-refractivity contribution >= 4 is 27.1 Å². The lowest BCUT2D eigenvalue weighted by Gasteiger charge is -2.12. The molecule has 0 saturated heterocycles. The third-order valence-electron chi connectivity index (χ3n) is 2.38. The number of rotatable bonds is 2. The van der Waals surface area contributed by atoms with Gasteiger partial charge in [0.1, 0.15) is 0 Å². The Hall–Kier alpha value is -1.12. The summed E-state index contributed by atoms with van der Waals surface area (Å²) in [6.45, 7) is 0. The second-order valence-electron chi connectivity index (χ2n) is 3.62. The molecular weight excluding hydrogens is 367 g/mol. The average Bonchev–Trinajstić information content (AvgIpc) is 2.44. The van der Waals surface area contributed by atoms with E-state index in [1.807, 2.05) is 0 Å². The molecule has 2 rings (SSSR count). The molecule has 0 aliphatic rings. The van der Waals surface area contributed by atoms with Crippen LogP contribution in [0.3, 0.4) is 0 Å². The van der Waals surface area contributed by atoms with Gasteiger partial charge < -0.3 is 4.55 Å². The summed E-state index contributed by atoms with van der Waals surface area (Å²) >= 11 is 0.571. The second kappa shape index (κ2) is 5.71. The number of hydrogen-bond donors (Lipinski definition) is 0. The fourth-order valence-electron chi connectivity index (χ4n) is 1.42. The van der Waals surface area contributed by atoms with E-state index in [4.69, 9.17) is 0 Å². The van der Waals surface area contributed by atoms with Gasteiger partial charge >= 0.3 is 0 Å². The van der Waals surface area contributed by atoms with Gasteiger partial charge in [0.05, 0.1) is 0 Å². The van der Waals surface area contributed by atoms with Crippen LogP contribution in [-0.4, -0.2) is 4.55 Å². The largest absolute Gasteiger partial charge is 0.606 e. The molecular formula is C12H4BrF5OS. The average molecular weight is 371 g/mol. The quantitative estimate of drug-likeness (QED) is 0.334. The molecule has 106 valence electrons. The first-order valence-corrected chi connectivity index (χ1v) is 6.97. The van der Waals surface area contributed by atoms with Gasteiger partial charge in [-0.25, -0.2) is 13.2 Å². The van der Waals surface area contributed by atoms with E-state index in [2.05, 4.69) is 15.9 Å². The minimum absolute atomic E-state index is 0.0867. The van der Waals surface area contributed by atoms with E-state index in [9.17, 15) is 26.5 Å². The lowest BCUT2D eigenvalue weighted by molar-refractivity contribution is 0.357. The lowest BCUT2D eigenvalue weighted by atomic mass is 10.3.